The maximum Gasteiger partial charge on any atom is 0.329 e. The number of rotatable bonds is 15. The first kappa shape index (κ1) is 64.6. The number of fused-ring (bicyclic) bond motifs is 2. The molecule has 24 heteroatoms. The van der Waals surface area contributed by atoms with Gasteiger partial charge in [0.05, 0.1) is 37.6 Å². The Morgan fingerprint density at radius 3 is 1.81 bits per heavy atom. The number of esters is 1. The second-order valence-electron chi connectivity index (χ2n) is 27.9. The van der Waals surface area contributed by atoms with Gasteiger partial charge >= 0.3 is 5.97 Å². The number of hydrogen-bond acceptors (Lipinski definition) is 23. The zero-order chi connectivity index (χ0) is 61.2. The van der Waals surface area contributed by atoms with Crippen molar-refractivity contribution in [1.29, 1.82) is 0 Å². The number of hydrogen-bond donors (Lipinski definition) is 13. The van der Waals surface area contributed by atoms with Gasteiger partial charge < -0.3 is 109 Å². The molecule has 0 aromatic carbocycles. The fourth-order valence-corrected chi connectivity index (χ4v) is 18.1. The van der Waals surface area contributed by atoms with Crippen LogP contribution in [0.4, 0.5) is 0 Å². The smallest absolute Gasteiger partial charge is 0.329 e. The van der Waals surface area contributed by atoms with Crippen LogP contribution in [-0.2, 0) is 52.2 Å². The Labute approximate surface area is 490 Å². The normalized spacial score (nSPS) is 54.0. The third-order valence-electron chi connectivity index (χ3n) is 23.3. The minimum absolute atomic E-state index is 0.0285. The van der Waals surface area contributed by atoms with Gasteiger partial charge in [-0.25, -0.2) is 4.79 Å². The number of carbonyl (C=O) groups excluding carboxylic acids is 2. The van der Waals surface area contributed by atoms with Crippen LogP contribution in [0.25, 0.3) is 0 Å². The highest BCUT2D eigenvalue weighted by Gasteiger charge is 2.83. The molecule has 0 aromatic rings. The number of allylic oxidation sites excluding steroid dienone is 3. The first-order valence-electron chi connectivity index (χ1n) is 30.6. The van der Waals surface area contributed by atoms with Crippen molar-refractivity contribution < 1.29 is 113 Å². The van der Waals surface area contributed by atoms with Gasteiger partial charge in [-0.3, -0.25) is 4.79 Å². The summed E-state index contributed by atoms with van der Waals surface area (Å²) >= 11 is 0. The third-order valence-corrected chi connectivity index (χ3v) is 23.3. The zero-order valence-electron chi connectivity index (χ0n) is 49.9. The highest BCUT2D eigenvalue weighted by Crippen LogP contribution is 2.89. The number of aliphatic hydroxyl groups is 12. The quantitative estimate of drug-likeness (QED) is 0.0418. The zero-order valence-corrected chi connectivity index (χ0v) is 49.9. The predicted octanol–water partition coefficient (Wildman–Crippen LogP) is -0.686. The summed E-state index contributed by atoms with van der Waals surface area (Å²) in [7, 11) is 0. The molecule has 2 spiro atoms. The van der Waals surface area contributed by atoms with Crippen LogP contribution in [0.15, 0.2) is 23.8 Å². The van der Waals surface area contributed by atoms with E-state index >= 15 is 0 Å². The minimum atomic E-state index is -1.94. The molecular weight excluding hydrogens is 1100 g/mol. The van der Waals surface area contributed by atoms with Gasteiger partial charge in [0.2, 0.25) is 5.91 Å². The van der Waals surface area contributed by atoms with Crippen molar-refractivity contribution in [3.63, 3.8) is 0 Å². The van der Waals surface area contributed by atoms with Gasteiger partial charge in [-0.05, 0) is 130 Å². The van der Waals surface area contributed by atoms with Crippen LogP contribution < -0.4 is 5.32 Å². The molecule has 478 valence electrons. The number of ether oxygens (including phenoxy) is 9. The monoisotopic (exact) mass is 1200 g/mol. The summed E-state index contributed by atoms with van der Waals surface area (Å²) in [5.41, 5.74) is -0.167. The predicted molar refractivity (Wildman–Crippen MR) is 291 cm³/mol. The molecule has 5 saturated heterocycles. The summed E-state index contributed by atoms with van der Waals surface area (Å²) in [5.74, 6) is 0.402. The number of carbonyl (C=O) groups is 2. The topological polar surface area (TPSA) is 372 Å². The van der Waals surface area contributed by atoms with Gasteiger partial charge in [-0.1, -0.05) is 59.8 Å². The van der Waals surface area contributed by atoms with Crippen LogP contribution in [0.2, 0.25) is 0 Å². The van der Waals surface area contributed by atoms with Crippen LogP contribution in [-0.4, -0.2) is 234 Å². The van der Waals surface area contributed by atoms with E-state index in [0.717, 1.165) is 44.9 Å². The van der Waals surface area contributed by atoms with E-state index in [1.54, 1.807) is 6.92 Å². The molecule has 5 saturated carbocycles. The Kier molecular flexibility index (Phi) is 18.3. The summed E-state index contributed by atoms with van der Waals surface area (Å²) in [4.78, 5) is 25.4. The van der Waals surface area contributed by atoms with Crippen molar-refractivity contribution in [3.8, 4) is 0 Å². The molecule has 24 nitrogen and oxygen atoms in total. The molecule has 0 unspecified atom stereocenters. The molecule has 1 amide bonds. The molecule has 10 rings (SSSR count). The Bertz CT molecular complexity index is 2430. The Hall–Kier alpha value is -2.38. The SMILES string of the molecule is C/C(=C\C=C\[C@@H](C)[C@H]1CC[C@@]2(C)[C@H]3CC[C@H]4C(C)(C)[C@@H](O[C@@H]5O[C@H](CO)[C@@H](O[C@H]6O[C@@H](C)[C@H](O)[C@@H](O)[C@@H]6O[C@H]6O[C@@H](CO)[C@H](O)[C@@H](O)[C@@H]6O[C@H]6O[C@@H](C)[C@H](O)[C@@H](O)[C@@H]6O)[C@H](O)[C@H]5O)[C@H](O)C[C@]45C[C@]35CC[C@@]12C)C(=O)N[C@@H]1C(=O)O[C@H](C)[C@H]1C. The van der Waals surface area contributed by atoms with Crippen LogP contribution in [0, 0.1) is 56.7 Å². The third kappa shape index (κ3) is 10.5. The lowest BCUT2D eigenvalue weighted by atomic mass is 9.41. The molecule has 33 atom stereocenters. The lowest BCUT2D eigenvalue weighted by Crippen LogP contribution is -2.68. The fourth-order valence-electron chi connectivity index (χ4n) is 18.1. The summed E-state index contributed by atoms with van der Waals surface area (Å²) in [6.07, 6.45) is -22.1. The van der Waals surface area contributed by atoms with Gasteiger partial charge in [-0.15, -0.1) is 0 Å². The number of amides is 1. The van der Waals surface area contributed by atoms with E-state index in [0.29, 0.717) is 23.8 Å². The lowest BCUT2D eigenvalue weighted by molar-refractivity contribution is -0.403. The van der Waals surface area contributed by atoms with Crippen molar-refractivity contribution in [1.82, 2.24) is 5.32 Å². The molecular formula is C60H95NO23. The second-order valence-corrected chi connectivity index (χ2v) is 27.9. The largest absolute Gasteiger partial charge is 0.461 e. The molecule has 84 heavy (non-hydrogen) atoms. The van der Waals surface area contributed by atoms with Crippen LogP contribution >= 0.6 is 0 Å². The van der Waals surface area contributed by atoms with Gasteiger partial charge in [0, 0.05) is 11.5 Å². The fraction of sp³-hybridized carbons (Fsp3) is 0.900. The van der Waals surface area contributed by atoms with E-state index in [1.807, 2.05) is 26.0 Å². The number of aliphatic hydroxyl groups excluding tert-OH is 12. The van der Waals surface area contributed by atoms with Gasteiger partial charge in [-0.2, -0.15) is 0 Å². The Morgan fingerprint density at radius 1 is 0.619 bits per heavy atom. The van der Waals surface area contributed by atoms with Gasteiger partial charge in [0.25, 0.3) is 0 Å². The summed E-state index contributed by atoms with van der Waals surface area (Å²) in [6.45, 7) is 18.1. The second kappa shape index (κ2) is 23.8. The number of nitrogens with one attached hydrogen (secondary N) is 1. The average Bonchev–Trinajstić information content (AvgIpc) is 1.47. The van der Waals surface area contributed by atoms with Crippen molar-refractivity contribution in [2.75, 3.05) is 13.2 Å². The van der Waals surface area contributed by atoms with Crippen molar-refractivity contribution >= 4 is 11.9 Å². The molecule has 5 aliphatic heterocycles. The number of cyclic esters (lactones) is 1. The van der Waals surface area contributed by atoms with E-state index in [-0.39, 0.29) is 51.4 Å². The maximum atomic E-state index is 13.1. The summed E-state index contributed by atoms with van der Waals surface area (Å²) in [5, 5.41) is 136. The van der Waals surface area contributed by atoms with Crippen LogP contribution in [0.3, 0.4) is 0 Å². The minimum Gasteiger partial charge on any atom is -0.461 e. The van der Waals surface area contributed by atoms with E-state index in [1.165, 1.54) is 13.8 Å². The Morgan fingerprint density at radius 2 is 1.17 bits per heavy atom. The van der Waals surface area contributed by atoms with E-state index < -0.39 is 166 Å². The molecule has 10 aliphatic rings. The van der Waals surface area contributed by atoms with Crippen LogP contribution in [0.5, 0.6) is 0 Å². The van der Waals surface area contributed by atoms with E-state index in [9.17, 15) is 70.9 Å². The highest BCUT2D eigenvalue weighted by molar-refractivity contribution is 5.96. The molecule has 5 heterocycles. The van der Waals surface area contributed by atoms with Crippen molar-refractivity contribution in [2.24, 2.45) is 56.7 Å². The van der Waals surface area contributed by atoms with Crippen molar-refractivity contribution in [3.05, 3.63) is 23.8 Å². The molecule has 13 N–H and O–H groups in total. The average molecular weight is 1200 g/mol. The van der Waals surface area contributed by atoms with Gasteiger partial charge in [0.1, 0.15) is 97.6 Å². The first-order valence-corrected chi connectivity index (χ1v) is 30.6. The molecule has 0 bridgehead atoms. The lowest BCUT2D eigenvalue weighted by Gasteiger charge is -2.64. The van der Waals surface area contributed by atoms with E-state index in [2.05, 4.69) is 46.0 Å². The first-order chi connectivity index (χ1) is 39.4. The van der Waals surface area contributed by atoms with Crippen molar-refractivity contribution in [2.45, 2.75) is 268 Å². The summed E-state index contributed by atoms with van der Waals surface area (Å²) < 4.78 is 53.7. The molecule has 0 aromatic heterocycles. The van der Waals surface area contributed by atoms with Gasteiger partial charge in [0.15, 0.2) is 25.2 Å². The standard InChI is InChI=1S/C60H95NO23/c1-24(12-11-13-25(2)50(74)61-36-26(3)27(4)76-51(36)75)30-16-17-58(10)35-15-14-34-56(7,8)49(31(64)20-60(34)23-59(35,60)19-18-57(30,58)9)84-53-45(73)43(71)46(33(22-63)80-53)81-54-47(41(69)38(66)29(6)78-54)83-55-48(42(70)39(67)32(21-62)79-55)82-52-44(72)40(68)37(65)28(5)77-52/h11-13,24,26-49,52-55,62-73H,14-23H2,1-10H3,(H,61,74)/b12-11+,25-13+/t24-,26-,27-,28+,29+,30-,31-,32+,33-,34+,35-,36+,37+,38+,39+,40-,41-,42-,43-,44+,45-,46-,47+,48+,49+,52-,53+,54-,55-,57+,58+,59-,60+/m1/s1. The van der Waals surface area contributed by atoms with Crippen LogP contribution in [0.1, 0.15) is 121 Å². The molecule has 10 fully saturated rings. The highest BCUT2D eigenvalue weighted by atomic mass is 16.8. The molecule has 5 aliphatic carbocycles. The van der Waals surface area contributed by atoms with E-state index in [4.69, 9.17) is 42.6 Å². The molecule has 0 radical (unpaired) electrons. The summed E-state index contributed by atoms with van der Waals surface area (Å²) in [6, 6.07) is -0.672. The maximum absolute atomic E-state index is 13.1. The Balaban J connectivity index is 0.799.